The number of hydrogen-bond acceptors (Lipinski definition) is 3. The van der Waals surface area contributed by atoms with E-state index < -0.39 is 49.0 Å². The minimum Gasteiger partial charge on any atom is -0.480 e. The van der Waals surface area contributed by atoms with Gasteiger partial charge in [-0.3, -0.25) is 14.4 Å². The van der Waals surface area contributed by atoms with Crippen molar-refractivity contribution in [2.45, 2.75) is 26.9 Å². The molecule has 20 heavy (non-hydrogen) atoms. The molecule has 116 valence electrons. The third kappa shape index (κ3) is 7.59. The number of nitrogens with zero attached hydrogens (tertiary/aromatic N) is 1. The Morgan fingerprint density at radius 2 is 1.65 bits per heavy atom. The van der Waals surface area contributed by atoms with Gasteiger partial charge in [0.05, 0.1) is 6.54 Å². The van der Waals surface area contributed by atoms with Gasteiger partial charge < -0.3 is 15.3 Å². The van der Waals surface area contributed by atoms with Crippen LogP contribution in [0.15, 0.2) is 0 Å². The summed E-state index contributed by atoms with van der Waals surface area (Å²) in [6.45, 7) is 1.26. The fourth-order valence-electron chi connectivity index (χ4n) is 1.14. The van der Waals surface area contributed by atoms with Crippen LogP contribution in [0.2, 0.25) is 0 Å². The van der Waals surface area contributed by atoms with Gasteiger partial charge in [0.2, 0.25) is 11.8 Å². The molecular weight excluding hydrogens is 281 g/mol. The minimum absolute atomic E-state index is 0.130. The number of halogens is 3. The van der Waals surface area contributed by atoms with Crippen LogP contribution in [0.25, 0.3) is 0 Å². The van der Waals surface area contributed by atoms with E-state index in [2.05, 4.69) is 5.32 Å². The van der Waals surface area contributed by atoms with Crippen molar-refractivity contribution in [3.8, 4) is 0 Å². The molecule has 0 aromatic carbocycles. The van der Waals surface area contributed by atoms with Crippen molar-refractivity contribution in [1.29, 1.82) is 0 Å². The van der Waals surface area contributed by atoms with Crippen LogP contribution >= 0.6 is 0 Å². The summed E-state index contributed by atoms with van der Waals surface area (Å²) in [6.07, 6.45) is -4.71. The highest BCUT2D eigenvalue weighted by Gasteiger charge is 2.34. The maximum absolute atomic E-state index is 12.2. The molecule has 0 aliphatic carbocycles. The Labute approximate surface area is 113 Å². The summed E-state index contributed by atoms with van der Waals surface area (Å²) >= 11 is 0. The number of rotatable bonds is 5. The second-order valence-corrected chi connectivity index (χ2v) is 5.19. The Morgan fingerprint density at radius 3 is 2.00 bits per heavy atom. The summed E-state index contributed by atoms with van der Waals surface area (Å²) in [4.78, 5) is 33.6. The van der Waals surface area contributed by atoms with Crippen molar-refractivity contribution in [3.05, 3.63) is 0 Å². The van der Waals surface area contributed by atoms with Gasteiger partial charge in [-0.2, -0.15) is 13.2 Å². The Hall–Kier alpha value is -1.80. The first-order valence-electron chi connectivity index (χ1n) is 5.67. The average Bonchev–Trinajstić information content (AvgIpc) is 2.20. The maximum atomic E-state index is 12.2. The first-order chi connectivity index (χ1) is 8.83. The van der Waals surface area contributed by atoms with Gasteiger partial charge in [-0.1, -0.05) is 20.8 Å². The third-order valence-corrected chi connectivity index (χ3v) is 2.13. The molecule has 0 atom stereocenters. The first-order valence-corrected chi connectivity index (χ1v) is 5.67. The normalized spacial score (nSPS) is 11.9. The van der Waals surface area contributed by atoms with E-state index in [1.54, 1.807) is 20.8 Å². The van der Waals surface area contributed by atoms with Crippen molar-refractivity contribution in [2.24, 2.45) is 5.41 Å². The predicted octanol–water partition coefficient (Wildman–Crippen LogP) is 0.624. The van der Waals surface area contributed by atoms with Crippen molar-refractivity contribution >= 4 is 17.8 Å². The van der Waals surface area contributed by atoms with Gasteiger partial charge in [-0.25, -0.2) is 0 Å². The molecule has 6 nitrogen and oxygen atoms in total. The zero-order valence-electron chi connectivity index (χ0n) is 11.4. The van der Waals surface area contributed by atoms with E-state index in [-0.39, 0.29) is 4.90 Å². The van der Waals surface area contributed by atoms with E-state index in [4.69, 9.17) is 5.11 Å². The number of carbonyl (C=O) groups excluding carboxylic acids is 2. The maximum Gasteiger partial charge on any atom is 0.406 e. The van der Waals surface area contributed by atoms with Crippen molar-refractivity contribution in [2.75, 3.05) is 19.6 Å². The molecule has 0 heterocycles. The lowest BCUT2D eigenvalue weighted by Crippen LogP contribution is -2.48. The van der Waals surface area contributed by atoms with Crippen LogP contribution in [-0.4, -0.2) is 53.6 Å². The molecule has 2 N–H and O–H groups in total. The quantitative estimate of drug-likeness (QED) is 0.779. The highest BCUT2D eigenvalue weighted by Crippen LogP contribution is 2.16. The van der Waals surface area contributed by atoms with Crippen LogP contribution in [0, 0.1) is 5.41 Å². The molecule has 0 spiro atoms. The molecule has 0 aliphatic rings. The van der Waals surface area contributed by atoms with E-state index in [1.165, 1.54) is 0 Å². The largest absolute Gasteiger partial charge is 0.480 e. The number of aliphatic carboxylic acids is 1. The number of nitrogens with one attached hydrogen (secondary N) is 1. The molecule has 0 fully saturated rings. The van der Waals surface area contributed by atoms with Gasteiger partial charge in [0.25, 0.3) is 0 Å². The fourth-order valence-corrected chi connectivity index (χ4v) is 1.14. The second kappa shape index (κ2) is 6.58. The molecule has 0 aromatic rings. The van der Waals surface area contributed by atoms with Gasteiger partial charge in [0, 0.05) is 5.41 Å². The van der Waals surface area contributed by atoms with Crippen LogP contribution in [0.4, 0.5) is 13.2 Å². The fraction of sp³-hybridized carbons (Fsp3) is 0.727. The van der Waals surface area contributed by atoms with Gasteiger partial charge in [-0.15, -0.1) is 0 Å². The number of amides is 2. The number of carboxylic acid groups (broad SMARTS) is 1. The third-order valence-electron chi connectivity index (χ3n) is 2.13. The number of carbonyl (C=O) groups is 3. The highest BCUT2D eigenvalue weighted by atomic mass is 19.4. The van der Waals surface area contributed by atoms with Gasteiger partial charge in [0.15, 0.2) is 0 Å². The predicted molar refractivity (Wildman–Crippen MR) is 62.7 cm³/mol. The summed E-state index contributed by atoms with van der Waals surface area (Å²) in [5.74, 6) is -3.19. The Kier molecular flexibility index (Phi) is 5.98. The van der Waals surface area contributed by atoms with Crippen LogP contribution in [0.5, 0.6) is 0 Å². The number of hydrogen-bond donors (Lipinski definition) is 2. The monoisotopic (exact) mass is 298 g/mol. The molecule has 0 bridgehead atoms. The highest BCUT2D eigenvalue weighted by molar-refractivity contribution is 5.88. The molecule has 0 aliphatic heterocycles. The van der Waals surface area contributed by atoms with Crippen molar-refractivity contribution in [3.63, 3.8) is 0 Å². The Morgan fingerprint density at radius 1 is 1.15 bits per heavy atom. The summed E-state index contributed by atoms with van der Waals surface area (Å²) in [6, 6.07) is 0. The molecule has 0 rings (SSSR count). The SMILES string of the molecule is CC(C)(C)C(=O)NCC(=O)N(CC(=O)O)CC(F)(F)F. The van der Waals surface area contributed by atoms with Crippen LogP contribution < -0.4 is 5.32 Å². The van der Waals surface area contributed by atoms with E-state index in [9.17, 15) is 27.6 Å². The van der Waals surface area contributed by atoms with Gasteiger partial charge in [0.1, 0.15) is 13.1 Å². The topological polar surface area (TPSA) is 86.7 Å². The molecular formula is C11H17F3N2O4. The summed E-state index contributed by atoms with van der Waals surface area (Å²) < 4.78 is 36.7. The molecule has 0 aromatic heterocycles. The Balaban J connectivity index is 4.64. The second-order valence-electron chi connectivity index (χ2n) is 5.19. The van der Waals surface area contributed by atoms with E-state index >= 15 is 0 Å². The van der Waals surface area contributed by atoms with Crippen LogP contribution in [0.1, 0.15) is 20.8 Å². The molecule has 2 amide bonds. The zero-order valence-corrected chi connectivity index (χ0v) is 11.4. The summed E-state index contributed by atoms with van der Waals surface area (Å²) in [5.41, 5.74) is -0.804. The lowest BCUT2D eigenvalue weighted by Gasteiger charge is -2.23. The molecule has 0 saturated carbocycles. The molecule has 0 radical (unpaired) electrons. The van der Waals surface area contributed by atoms with Gasteiger partial charge in [-0.05, 0) is 0 Å². The number of alkyl halides is 3. The molecule has 9 heteroatoms. The van der Waals surface area contributed by atoms with Crippen molar-refractivity contribution < 1.29 is 32.7 Å². The lowest BCUT2D eigenvalue weighted by atomic mass is 9.96. The van der Waals surface area contributed by atoms with Crippen LogP contribution in [0.3, 0.4) is 0 Å². The summed E-state index contributed by atoms with van der Waals surface area (Å²) in [5, 5.41) is 10.7. The molecule has 0 unspecified atom stereocenters. The zero-order chi connectivity index (χ0) is 16.1. The van der Waals surface area contributed by atoms with Crippen LogP contribution in [-0.2, 0) is 14.4 Å². The standard InChI is InChI=1S/C11H17F3N2O4/c1-10(2,3)9(20)15-4-7(17)16(5-8(18)19)6-11(12,13)14/h4-6H2,1-3H3,(H,15,20)(H,18,19). The smallest absolute Gasteiger partial charge is 0.406 e. The summed E-state index contributed by atoms with van der Waals surface area (Å²) in [7, 11) is 0. The lowest BCUT2D eigenvalue weighted by molar-refractivity contribution is -0.165. The van der Waals surface area contributed by atoms with E-state index in [0.29, 0.717) is 0 Å². The first kappa shape index (κ1) is 18.2. The van der Waals surface area contributed by atoms with Crippen molar-refractivity contribution in [1.82, 2.24) is 10.2 Å². The average molecular weight is 298 g/mol. The Bertz CT molecular complexity index is 388. The van der Waals surface area contributed by atoms with Gasteiger partial charge >= 0.3 is 12.1 Å². The van der Waals surface area contributed by atoms with E-state index in [1.807, 2.05) is 0 Å². The minimum atomic E-state index is -4.71. The molecule has 0 saturated heterocycles. The van der Waals surface area contributed by atoms with E-state index in [0.717, 1.165) is 0 Å². The number of carboxylic acids is 1.